The zero-order valence-electron chi connectivity index (χ0n) is 14.2. The van der Waals surface area contributed by atoms with Crippen molar-refractivity contribution in [2.75, 3.05) is 12.3 Å². The number of unbranched alkanes of at least 4 members (excludes halogenated alkanes) is 1. The highest BCUT2D eigenvalue weighted by atomic mass is 16.6. The Bertz CT molecular complexity index is 584. The Morgan fingerprint density at radius 2 is 2.08 bits per heavy atom. The standard InChI is InChI=1S/C16H25N3O5/c1-16(2,3)14(6-4-5-9-18-15(20)21)24-11-7-8-12(17)13(10-11)19(22)23/h7-8,10,14,18H,4-6,9,17H2,1-3H3,(H,20,21). The van der Waals surface area contributed by atoms with Gasteiger partial charge in [-0.05, 0) is 36.8 Å². The lowest BCUT2D eigenvalue weighted by atomic mass is 9.86. The summed E-state index contributed by atoms with van der Waals surface area (Å²) in [5.41, 5.74) is 5.34. The predicted octanol–water partition coefficient (Wildman–Crippen LogP) is 3.41. The second kappa shape index (κ2) is 8.37. The van der Waals surface area contributed by atoms with Gasteiger partial charge in [0.25, 0.3) is 5.69 Å². The fourth-order valence-corrected chi connectivity index (χ4v) is 2.24. The summed E-state index contributed by atoms with van der Waals surface area (Å²) in [6.45, 7) is 6.47. The van der Waals surface area contributed by atoms with Gasteiger partial charge in [-0.1, -0.05) is 20.8 Å². The Morgan fingerprint density at radius 3 is 2.62 bits per heavy atom. The molecular weight excluding hydrogens is 314 g/mol. The highest BCUT2D eigenvalue weighted by Crippen LogP contribution is 2.32. The second-order valence-electron chi connectivity index (χ2n) is 6.68. The maximum atomic E-state index is 11.0. The minimum Gasteiger partial charge on any atom is -0.490 e. The maximum Gasteiger partial charge on any atom is 0.404 e. The molecule has 1 aromatic rings. The highest BCUT2D eigenvalue weighted by Gasteiger charge is 2.27. The summed E-state index contributed by atoms with van der Waals surface area (Å²) in [4.78, 5) is 20.8. The van der Waals surface area contributed by atoms with E-state index in [1.54, 1.807) is 6.07 Å². The van der Waals surface area contributed by atoms with Crippen molar-refractivity contribution in [1.82, 2.24) is 5.32 Å². The van der Waals surface area contributed by atoms with Crippen LogP contribution in [0.15, 0.2) is 18.2 Å². The summed E-state index contributed by atoms with van der Waals surface area (Å²) in [5, 5.41) is 21.8. The first-order chi connectivity index (χ1) is 11.1. The van der Waals surface area contributed by atoms with Gasteiger partial charge in [-0.15, -0.1) is 0 Å². The van der Waals surface area contributed by atoms with E-state index >= 15 is 0 Å². The van der Waals surface area contributed by atoms with Crippen LogP contribution in [0.2, 0.25) is 0 Å². The summed E-state index contributed by atoms with van der Waals surface area (Å²) < 4.78 is 5.96. The van der Waals surface area contributed by atoms with Gasteiger partial charge in [0.05, 0.1) is 11.0 Å². The van der Waals surface area contributed by atoms with Crippen LogP contribution in [0.1, 0.15) is 40.0 Å². The van der Waals surface area contributed by atoms with Crippen LogP contribution in [0.3, 0.4) is 0 Å². The Hall–Kier alpha value is -2.51. The van der Waals surface area contributed by atoms with Gasteiger partial charge in [-0.3, -0.25) is 10.1 Å². The summed E-state index contributed by atoms with van der Waals surface area (Å²) in [5.74, 6) is 0.402. The molecule has 1 unspecified atom stereocenters. The van der Waals surface area contributed by atoms with Crippen molar-refractivity contribution in [2.45, 2.75) is 46.1 Å². The molecule has 0 saturated carbocycles. The van der Waals surface area contributed by atoms with Crippen LogP contribution in [0, 0.1) is 15.5 Å². The number of amides is 1. The SMILES string of the molecule is CC(C)(C)C(CCCCNC(=O)O)Oc1ccc(N)c([N+](=O)[O-])c1. The van der Waals surface area contributed by atoms with Crippen molar-refractivity contribution >= 4 is 17.5 Å². The number of carbonyl (C=O) groups is 1. The lowest BCUT2D eigenvalue weighted by molar-refractivity contribution is -0.384. The van der Waals surface area contributed by atoms with Crippen LogP contribution < -0.4 is 15.8 Å². The zero-order valence-corrected chi connectivity index (χ0v) is 14.2. The third-order valence-electron chi connectivity index (χ3n) is 3.61. The topological polar surface area (TPSA) is 128 Å². The van der Waals surface area contributed by atoms with Gasteiger partial charge < -0.3 is 20.9 Å². The number of anilines is 1. The molecule has 0 aliphatic rings. The number of nitrogens with one attached hydrogen (secondary N) is 1. The number of nitro groups is 1. The number of nitrogens with two attached hydrogens (primary N) is 1. The van der Waals surface area contributed by atoms with Gasteiger partial charge in [0.15, 0.2) is 0 Å². The number of benzene rings is 1. The Kier molecular flexibility index (Phi) is 6.82. The molecule has 0 fully saturated rings. The number of nitro benzene ring substituents is 1. The van der Waals surface area contributed by atoms with E-state index < -0.39 is 11.0 Å². The monoisotopic (exact) mass is 339 g/mol. The summed E-state index contributed by atoms with van der Waals surface area (Å²) >= 11 is 0. The fraction of sp³-hybridized carbons (Fsp3) is 0.562. The van der Waals surface area contributed by atoms with E-state index in [-0.39, 0.29) is 22.9 Å². The van der Waals surface area contributed by atoms with Crippen LogP contribution >= 0.6 is 0 Å². The molecule has 1 aromatic carbocycles. The molecule has 0 bridgehead atoms. The number of hydrogen-bond donors (Lipinski definition) is 3. The highest BCUT2D eigenvalue weighted by molar-refractivity contribution is 5.64. The summed E-state index contributed by atoms with van der Waals surface area (Å²) in [6.07, 6.45) is 0.991. The Morgan fingerprint density at radius 1 is 1.42 bits per heavy atom. The van der Waals surface area contributed by atoms with E-state index in [1.165, 1.54) is 12.1 Å². The van der Waals surface area contributed by atoms with Crippen molar-refractivity contribution in [3.63, 3.8) is 0 Å². The lowest BCUT2D eigenvalue weighted by Crippen LogP contribution is -2.32. The van der Waals surface area contributed by atoms with Crippen LogP contribution in [0.25, 0.3) is 0 Å². The number of nitrogens with zero attached hydrogens (tertiary/aromatic N) is 1. The molecule has 0 heterocycles. The Balaban J connectivity index is 2.71. The van der Waals surface area contributed by atoms with Gasteiger partial charge in [0.2, 0.25) is 0 Å². The molecule has 0 aromatic heterocycles. The van der Waals surface area contributed by atoms with Gasteiger partial charge >= 0.3 is 6.09 Å². The molecule has 4 N–H and O–H groups in total. The van der Waals surface area contributed by atoms with E-state index in [0.717, 1.165) is 6.42 Å². The molecule has 8 heteroatoms. The molecule has 1 amide bonds. The molecule has 0 spiro atoms. The predicted molar refractivity (Wildman–Crippen MR) is 91.3 cm³/mol. The zero-order chi connectivity index (χ0) is 18.3. The smallest absolute Gasteiger partial charge is 0.404 e. The average molecular weight is 339 g/mol. The van der Waals surface area contributed by atoms with Crippen LogP contribution in [-0.2, 0) is 0 Å². The summed E-state index contributed by atoms with van der Waals surface area (Å²) in [7, 11) is 0. The molecule has 8 nitrogen and oxygen atoms in total. The van der Waals surface area contributed by atoms with Crippen molar-refractivity contribution < 1.29 is 19.6 Å². The lowest BCUT2D eigenvalue weighted by Gasteiger charge is -2.31. The van der Waals surface area contributed by atoms with Crippen molar-refractivity contribution in [3.05, 3.63) is 28.3 Å². The van der Waals surface area contributed by atoms with Crippen molar-refractivity contribution in [1.29, 1.82) is 0 Å². The van der Waals surface area contributed by atoms with E-state index in [4.69, 9.17) is 15.6 Å². The minimum absolute atomic E-state index is 0.0967. The number of carboxylic acid groups (broad SMARTS) is 1. The van der Waals surface area contributed by atoms with E-state index in [9.17, 15) is 14.9 Å². The molecule has 1 rings (SSSR count). The first kappa shape index (κ1) is 19.5. The molecule has 134 valence electrons. The van der Waals surface area contributed by atoms with E-state index in [0.29, 0.717) is 25.1 Å². The van der Waals surface area contributed by atoms with Crippen LogP contribution in [-0.4, -0.2) is 28.8 Å². The quantitative estimate of drug-likeness (QED) is 0.288. The van der Waals surface area contributed by atoms with Gasteiger partial charge in [-0.2, -0.15) is 0 Å². The molecule has 1 atom stereocenters. The summed E-state index contributed by atoms with van der Waals surface area (Å²) in [6, 6.07) is 4.41. The van der Waals surface area contributed by atoms with Crippen LogP contribution in [0.5, 0.6) is 5.75 Å². The van der Waals surface area contributed by atoms with Crippen molar-refractivity contribution in [2.24, 2.45) is 5.41 Å². The second-order valence-corrected chi connectivity index (χ2v) is 6.68. The fourth-order valence-electron chi connectivity index (χ4n) is 2.24. The number of ether oxygens (including phenoxy) is 1. The number of rotatable bonds is 8. The first-order valence-corrected chi connectivity index (χ1v) is 7.78. The van der Waals surface area contributed by atoms with Gasteiger partial charge in [0.1, 0.15) is 17.5 Å². The first-order valence-electron chi connectivity index (χ1n) is 7.78. The van der Waals surface area contributed by atoms with Crippen LogP contribution in [0.4, 0.5) is 16.2 Å². The maximum absolute atomic E-state index is 11.0. The third kappa shape index (κ3) is 6.31. The Labute approximate surface area is 141 Å². The molecule has 24 heavy (non-hydrogen) atoms. The molecule has 0 saturated heterocycles. The third-order valence-corrected chi connectivity index (χ3v) is 3.61. The van der Waals surface area contributed by atoms with E-state index in [2.05, 4.69) is 5.32 Å². The normalized spacial score (nSPS) is 12.5. The van der Waals surface area contributed by atoms with Gasteiger partial charge in [0, 0.05) is 6.54 Å². The molecule has 0 aliphatic heterocycles. The van der Waals surface area contributed by atoms with E-state index in [1.807, 2.05) is 20.8 Å². The molecule has 0 aliphatic carbocycles. The average Bonchev–Trinajstić information content (AvgIpc) is 2.45. The number of hydrogen-bond acceptors (Lipinski definition) is 5. The largest absolute Gasteiger partial charge is 0.490 e. The molecular formula is C16H25N3O5. The number of nitrogen functional groups attached to an aromatic ring is 1. The molecule has 0 radical (unpaired) electrons. The minimum atomic E-state index is -1.03. The van der Waals surface area contributed by atoms with Crippen molar-refractivity contribution in [3.8, 4) is 5.75 Å². The van der Waals surface area contributed by atoms with Gasteiger partial charge in [-0.25, -0.2) is 4.79 Å².